The maximum Gasteiger partial charge on any atom is 0.322 e. The van der Waals surface area contributed by atoms with Gasteiger partial charge in [-0.25, -0.2) is 13.1 Å². The largest absolute Gasteiger partial charge is 0.468 e. The molecule has 1 aromatic carbocycles. The molecule has 1 saturated heterocycles. The van der Waals surface area contributed by atoms with Crippen molar-refractivity contribution in [3.8, 4) is 0 Å². The number of fused-ring (bicyclic) bond motifs is 1. The number of nitrogens with zero attached hydrogens (tertiary/aromatic N) is 2. The van der Waals surface area contributed by atoms with Gasteiger partial charge in [0.1, 0.15) is 5.52 Å². The highest BCUT2D eigenvalue weighted by Gasteiger charge is 2.30. The zero-order valence-electron chi connectivity index (χ0n) is 13.3. The van der Waals surface area contributed by atoms with Crippen LogP contribution in [0.2, 0.25) is 0 Å². The molecule has 2 aromatic rings. The van der Waals surface area contributed by atoms with Crippen molar-refractivity contribution in [3.05, 3.63) is 24.3 Å². The predicted molar refractivity (Wildman–Crippen MR) is 88.2 cm³/mol. The average Bonchev–Trinajstić information content (AvgIpc) is 3.18. The number of nitrogens with one attached hydrogen (secondary N) is 1. The van der Waals surface area contributed by atoms with Crippen molar-refractivity contribution >= 4 is 33.1 Å². The van der Waals surface area contributed by atoms with Crippen LogP contribution in [0.15, 0.2) is 28.7 Å². The summed E-state index contributed by atoms with van der Waals surface area (Å²) in [4.78, 5) is 17.5. The molecule has 1 atom stereocenters. The van der Waals surface area contributed by atoms with Crippen molar-refractivity contribution < 1.29 is 22.4 Å². The first-order valence-electron chi connectivity index (χ1n) is 7.65. The molecule has 1 aromatic heterocycles. The van der Waals surface area contributed by atoms with Crippen molar-refractivity contribution in [3.63, 3.8) is 0 Å². The topological polar surface area (TPSA) is 102 Å². The van der Waals surface area contributed by atoms with Crippen LogP contribution >= 0.6 is 0 Å². The highest BCUT2D eigenvalue weighted by Crippen LogP contribution is 2.28. The number of carbonyl (C=O) groups excluding carboxylic acids is 1. The highest BCUT2D eigenvalue weighted by molar-refractivity contribution is 7.90. The van der Waals surface area contributed by atoms with E-state index in [1.165, 1.54) is 0 Å². The lowest BCUT2D eigenvalue weighted by molar-refractivity contribution is -0.137. The van der Waals surface area contributed by atoms with E-state index >= 15 is 0 Å². The molecular formula is C15H19N3O5S. The summed E-state index contributed by atoms with van der Waals surface area (Å²) >= 11 is 0. The molecule has 1 fully saturated rings. The smallest absolute Gasteiger partial charge is 0.322 e. The second-order valence-electron chi connectivity index (χ2n) is 5.64. The summed E-state index contributed by atoms with van der Waals surface area (Å²) < 4.78 is 36.4. The Kier molecular flexibility index (Phi) is 4.72. The van der Waals surface area contributed by atoms with Crippen LogP contribution in [0.3, 0.4) is 0 Å². The zero-order valence-corrected chi connectivity index (χ0v) is 14.1. The molecule has 1 aliphatic heterocycles. The van der Waals surface area contributed by atoms with Gasteiger partial charge in [0.15, 0.2) is 11.3 Å². The summed E-state index contributed by atoms with van der Waals surface area (Å²) in [6.45, 7) is 0.939. The number of carbonyl (C=O) groups is 1. The van der Waals surface area contributed by atoms with Gasteiger partial charge in [0.25, 0.3) is 6.01 Å². The molecule has 1 unspecified atom stereocenters. The molecule has 1 aliphatic rings. The minimum atomic E-state index is -3.71. The first-order valence-corrected chi connectivity index (χ1v) is 9.30. The van der Waals surface area contributed by atoms with E-state index < -0.39 is 21.7 Å². The molecule has 9 heteroatoms. The van der Waals surface area contributed by atoms with E-state index in [-0.39, 0.29) is 12.6 Å². The summed E-state index contributed by atoms with van der Waals surface area (Å²) in [5.74, 6) is -1.47. The average molecular weight is 353 g/mol. The van der Waals surface area contributed by atoms with Crippen LogP contribution < -0.4 is 9.62 Å². The molecule has 0 amide bonds. The number of anilines is 1. The molecule has 3 rings (SSSR count). The molecule has 1 N–H and O–H groups in total. The van der Waals surface area contributed by atoms with E-state index in [1.807, 2.05) is 29.2 Å². The fraction of sp³-hybridized carbons (Fsp3) is 0.467. The summed E-state index contributed by atoms with van der Waals surface area (Å²) in [6, 6.07) is 7.90. The molecule has 0 aliphatic carbocycles. The molecule has 8 nitrogen and oxygen atoms in total. The van der Waals surface area contributed by atoms with Crippen LogP contribution in [0.4, 0.5) is 6.01 Å². The Morgan fingerprint density at radius 3 is 3.00 bits per heavy atom. The lowest BCUT2D eigenvalue weighted by Crippen LogP contribution is -2.42. The van der Waals surface area contributed by atoms with Crippen LogP contribution in [0.1, 0.15) is 12.8 Å². The second-order valence-corrected chi connectivity index (χ2v) is 7.44. The third-order valence-corrected chi connectivity index (χ3v) is 5.20. The van der Waals surface area contributed by atoms with Gasteiger partial charge in [-0.1, -0.05) is 12.1 Å². The van der Waals surface area contributed by atoms with Crippen LogP contribution in [-0.4, -0.2) is 51.4 Å². The number of hydrogen-bond donors (Lipinski definition) is 1. The Morgan fingerprint density at radius 1 is 1.46 bits per heavy atom. The number of hydrogen-bond acceptors (Lipinski definition) is 7. The van der Waals surface area contributed by atoms with E-state index in [4.69, 9.17) is 4.42 Å². The quantitative estimate of drug-likeness (QED) is 0.770. The molecule has 2 heterocycles. The Hall–Kier alpha value is -2.13. The van der Waals surface area contributed by atoms with Crippen LogP contribution in [-0.2, 0) is 19.6 Å². The number of para-hydroxylation sites is 2. The third-order valence-electron chi connectivity index (χ3n) is 3.98. The number of oxazole rings is 1. The third kappa shape index (κ3) is 3.68. The lowest BCUT2D eigenvalue weighted by Gasteiger charge is -2.22. The van der Waals surface area contributed by atoms with E-state index in [9.17, 15) is 13.2 Å². The normalized spacial score (nSPS) is 18.2. The Balaban J connectivity index is 1.68. The summed E-state index contributed by atoms with van der Waals surface area (Å²) in [5, 5.41) is 0. The number of aromatic nitrogens is 1. The summed E-state index contributed by atoms with van der Waals surface area (Å²) in [5.41, 5.74) is 1.47. The van der Waals surface area contributed by atoms with Gasteiger partial charge in [-0.15, -0.1) is 0 Å². The minimum absolute atomic E-state index is 0.0644. The fourth-order valence-electron chi connectivity index (χ4n) is 2.77. The van der Waals surface area contributed by atoms with Gasteiger partial charge in [-0.05, 0) is 25.0 Å². The first kappa shape index (κ1) is 16.7. The predicted octanol–water partition coefficient (Wildman–Crippen LogP) is 0.889. The van der Waals surface area contributed by atoms with Gasteiger partial charge >= 0.3 is 5.97 Å². The number of ether oxygens (including phenoxy) is 1. The van der Waals surface area contributed by atoms with Crippen LogP contribution in [0.25, 0.3) is 11.1 Å². The van der Waals surface area contributed by atoms with E-state index in [0.717, 1.165) is 32.0 Å². The van der Waals surface area contributed by atoms with Gasteiger partial charge in [0.05, 0.1) is 7.11 Å². The molecule has 0 radical (unpaired) electrons. The van der Waals surface area contributed by atoms with Crippen molar-refractivity contribution in [1.29, 1.82) is 0 Å². The van der Waals surface area contributed by atoms with Gasteiger partial charge in [0.2, 0.25) is 10.0 Å². The Morgan fingerprint density at radius 2 is 2.25 bits per heavy atom. The number of esters is 1. The fourth-order valence-corrected chi connectivity index (χ4v) is 3.75. The molecule has 0 saturated carbocycles. The van der Waals surface area contributed by atoms with Crippen molar-refractivity contribution in [2.45, 2.75) is 18.9 Å². The van der Waals surface area contributed by atoms with E-state index in [0.29, 0.717) is 11.6 Å². The van der Waals surface area contributed by atoms with Gasteiger partial charge in [0, 0.05) is 19.1 Å². The van der Waals surface area contributed by atoms with Crippen molar-refractivity contribution in [2.24, 2.45) is 0 Å². The Bertz CT molecular complexity index is 800. The first-order chi connectivity index (χ1) is 11.5. The van der Waals surface area contributed by atoms with Crippen LogP contribution in [0.5, 0.6) is 0 Å². The maximum absolute atomic E-state index is 11.9. The zero-order chi connectivity index (χ0) is 17.2. The molecule has 0 bridgehead atoms. The van der Waals surface area contributed by atoms with Gasteiger partial charge < -0.3 is 14.1 Å². The molecule has 0 spiro atoms. The second kappa shape index (κ2) is 6.78. The standard InChI is InChI=1S/C15H19N3O5S/c1-22-14(19)10-24(20,21)16-9-11-5-4-8-18(11)15-17-12-6-2-3-7-13(12)23-15/h2-3,6-7,11,16H,4-5,8-10H2,1H3. The summed E-state index contributed by atoms with van der Waals surface area (Å²) in [7, 11) is -2.56. The summed E-state index contributed by atoms with van der Waals surface area (Å²) in [6.07, 6.45) is 1.74. The molecule has 130 valence electrons. The molecule has 24 heavy (non-hydrogen) atoms. The maximum atomic E-state index is 11.9. The number of methoxy groups -OCH3 is 1. The SMILES string of the molecule is COC(=O)CS(=O)(=O)NCC1CCCN1c1nc2ccccc2o1. The number of benzene rings is 1. The van der Waals surface area contributed by atoms with Crippen molar-refractivity contribution in [2.75, 3.05) is 30.9 Å². The van der Waals surface area contributed by atoms with E-state index in [2.05, 4.69) is 14.4 Å². The van der Waals surface area contributed by atoms with E-state index in [1.54, 1.807) is 0 Å². The van der Waals surface area contributed by atoms with Gasteiger partial charge in [-0.2, -0.15) is 4.98 Å². The minimum Gasteiger partial charge on any atom is -0.468 e. The highest BCUT2D eigenvalue weighted by atomic mass is 32.2. The van der Waals surface area contributed by atoms with Gasteiger partial charge in [-0.3, -0.25) is 4.79 Å². The Labute approximate surface area is 139 Å². The molecular weight excluding hydrogens is 334 g/mol. The lowest BCUT2D eigenvalue weighted by atomic mass is 10.2. The number of sulfonamides is 1. The van der Waals surface area contributed by atoms with Crippen LogP contribution in [0, 0.1) is 0 Å². The number of rotatable bonds is 6. The van der Waals surface area contributed by atoms with Crippen molar-refractivity contribution in [1.82, 2.24) is 9.71 Å². The monoisotopic (exact) mass is 353 g/mol.